The van der Waals surface area contributed by atoms with Crippen LogP contribution in [0.15, 0.2) is 48.0 Å². The first-order chi connectivity index (χ1) is 12.0. The number of nitrogens with zero attached hydrogens (tertiary/aromatic N) is 2. The molecule has 1 heterocycles. The fourth-order valence-electron chi connectivity index (χ4n) is 3.05. The van der Waals surface area contributed by atoms with Crippen LogP contribution in [-0.4, -0.2) is 21.3 Å². The van der Waals surface area contributed by atoms with Gasteiger partial charge in [-0.3, -0.25) is 4.79 Å². The number of rotatable bonds is 4. The van der Waals surface area contributed by atoms with Gasteiger partial charge in [-0.1, -0.05) is 41.9 Å². The van der Waals surface area contributed by atoms with E-state index in [1.54, 1.807) is 11.5 Å². The van der Waals surface area contributed by atoms with E-state index in [2.05, 4.69) is 4.98 Å². The maximum absolute atomic E-state index is 12.6. The lowest BCUT2D eigenvalue weighted by molar-refractivity contribution is -0.114. The molecule has 1 aliphatic rings. The summed E-state index contributed by atoms with van der Waals surface area (Å²) in [5.41, 5.74) is 1.79. The molecule has 2 aromatic rings. The third kappa shape index (κ3) is 3.51. The molecule has 1 aromatic heterocycles. The van der Waals surface area contributed by atoms with Crippen LogP contribution >= 0.6 is 11.6 Å². The first-order valence-electron chi connectivity index (χ1n) is 8.21. The molecule has 25 heavy (non-hydrogen) atoms. The molecule has 0 bridgehead atoms. The van der Waals surface area contributed by atoms with Gasteiger partial charge in [0.1, 0.15) is 5.76 Å². The lowest BCUT2D eigenvalue weighted by Gasteiger charge is -2.17. The van der Waals surface area contributed by atoms with Gasteiger partial charge in [0.05, 0.1) is 12.4 Å². The second-order valence-corrected chi connectivity index (χ2v) is 6.44. The summed E-state index contributed by atoms with van der Waals surface area (Å²) in [7, 11) is 0. The number of ketones is 1. The number of esters is 1. The largest absolute Gasteiger partial charge is 0.426 e. The molecule has 0 amide bonds. The van der Waals surface area contributed by atoms with E-state index in [1.165, 1.54) is 6.33 Å². The lowest BCUT2D eigenvalue weighted by atomic mass is 10.1. The zero-order chi connectivity index (χ0) is 18.0. The number of halogens is 1. The van der Waals surface area contributed by atoms with Crippen LogP contribution in [0.3, 0.4) is 0 Å². The number of imidazole rings is 1. The van der Waals surface area contributed by atoms with Gasteiger partial charge in [0, 0.05) is 12.0 Å². The molecule has 0 saturated heterocycles. The average molecular weight is 359 g/mol. The van der Waals surface area contributed by atoms with Crippen molar-refractivity contribution < 1.29 is 14.3 Å². The van der Waals surface area contributed by atoms with E-state index in [-0.39, 0.29) is 22.7 Å². The lowest BCUT2D eigenvalue weighted by Crippen LogP contribution is -2.16. The third-order valence-electron chi connectivity index (χ3n) is 4.48. The number of ether oxygens (including phenoxy) is 1. The Labute approximate surface area is 151 Å². The van der Waals surface area contributed by atoms with Crippen LogP contribution in [0.25, 0.3) is 0 Å². The van der Waals surface area contributed by atoms with Crippen LogP contribution in [0, 0.1) is 0 Å². The van der Waals surface area contributed by atoms with E-state index in [1.807, 2.05) is 37.3 Å². The molecule has 0 unspecified atom stereocenters. The summed E-state index contributed by atoms with van der Waals surface area (Å²) in [4.78, 5) is 28.5. The zero-order valence-corrected chi connectivity index (χ0v) is 14.9. The average Bonchev–Trinajstić information content (AvgIpc) is 3.20. The van der Waals surface area contributed by atoms with Gasteiger partial charge >= 0.3 is 5.97 Å². The Kier molecular flexibility index (Phi) is 5.04. The summed E-state index contributed by atoms with van der Waals surface area (Å²) in [6, 6.07) is 9.60. The maximum atomic E-state index is 12.6. The van der Waals surface area contributed by atoms with E-state index in [0.717, 1.165) is 12.0 Å². The number of hydrogen-bond acceptors (Lipinski definition) is 4. The smallest absolute Gasteiger partial charge is 0.363 e. The van der Waals surface area contributed by atoms with Gasteiger partial charge in [-0.25, -0.2) is 9.78 Å². The summed E-state index contributed by atoms with van der Waals surface area (Å²) >= 11 is 6.13. The summed E-state index contributed by atoms with van der Waals surface area (Å²) < 4.78 is 7.12. The molecule has 0 radical (unpaired) electrons. The highest BCUT2D eigenvalue weighted by Gasteiger charge is 2.26. The molecule has 1 saturated carbocycles. The van der Waals surface area contributed by atoms with Crippen molar-refractivity contribution in [2.75, 3.05) is 0 Å². The third-order valence-corrected chi connectivity index (χ3v) is 4.76. The second-order valence-electron chi connectivity index (χ2n) is 6.08. The quantitative estimate of drug-likeness (QED) is 0.463. The highest BCUT2D eigenvalue weighted by molar-refractivity contribution is 6.32. The Balaban J connectivity index is 1.89. The van der Waals surface area contributed by atoms with Gasteiger partial charge in [-0.05, 0) is 32.3 Å². The highest BCUT2D eigenvalue weighted by atomic mass is 35.5. The molecule has 5 nitrogen and oxygen atoms in total. The summed E-state index contributed by atoms with van der Waals surface area (Å²) in [5.74, 6) is -0.207. The summed E-state index contributed by atoms with van der Waals surface area (Å²) in [6.45, 7) is 3.60. The number of carbonyl (C=O) groups excluding carboxylic acids is 2. The first-order valence-corrected chi connectivity index (χ1v) is 8.59. The van der Waals surface area contributed by atoms with Crippen molar-refractivity contribution in [1.29, 1.82) is 0 Å². The molecule has 0 aliphatic heterocycles. The minimum absolute atomic E-state index is 0.0440. The SMILES string of the molecule is C/C(OC(=O)c1c(Cl)ncn1[C@H](C)c1ccccc1)=C1\CCCC1=O. The Bertz CT molecular complexity index is 840. The van der Waals surface area contributed by atoms with Crippen molar-refractivity contribution in [3.8, 4) is 0 Å². The predicted octanol–water partition coefficient (Wildman–Crippen LogP) is 4.33. The van der Waals surface area contributed by atoms with Gasteiger partial charge in [0.15, 0.2) is 16.6 Å². The van der Waals surface area contributed by atoms with E-state index in [4.69, 9.17) is 16.3 Å². The Hall–Kier alpha value is -2.40. The Morgan fingerprint density at radius 1 is 1.28 bits per heavy atom. The number of allylic oxidation sites excluding steroid dienone is 2. The number of benzene rings is 1. The van der Waals surface area contributed by atoms with Crippen LogP contribution < -0.4 is 0 Å². The monoisotopic (exact) mass is 358 g/mol. The van der Waals surface area contributed by atoms with Crippen LogP contribution in [-0.2, 0) is 9.53 Å². The minimum atomic E-state index is -0.602. The molecule has 1 atom stereocenters. The predicted molar refractivity (Wildman–Crippen MR) is 94.5 cm³/mol. The van der Waals surface area contributed by atoms with E-state index in [9.17, 15) is 9.59 Å². The van der Waals surface area contributed by atoms with E-state index in [0.29, 0.717) is 24.2 Å². The maximum Gasteiger partial charge on any atom is 0.363 e. The number of hydrogen-bond donors (Lipinski definition) is 0. The molecular formula is C19H19ClN2O3. The number of aromatic nitrogens is 2. The molecular weight excluding hydrogens is 340 g/mol. The Morgan fingerprint density at radius 2 is 2.00 bits per heavy atom. The molecule has 0 N–H and O–H groups in total. The van der Waals surface area contributed by atoms with Gasteiger partial charge < -0.3 is 9.30 Å². The summed E-state index contributed by atoms with van der Waals surface area (Å²) in [6.07, 6.45) is 3.48. The van der Waals surface area contributed by atoms with Crippen molar-refractivity contribution in [2.24, 2.45) is 0 Å². The van der Waals surface area contributed by atoms with Gasteiger partial charge in [0.2, 0.25) is 0 Å². The zero-order valence-electron chi connectivity index (χ0n) is 14.2. The van der Waals surface area contributed by atoms with Gasteiger partial charge in [-0.15, -0.1) is 0 Å². The molecule has 1 aromatic carbocycles. The van der Waals surface area contributed by atoms with Crippen molar-refractivity contribution >= 4 is 23.4 Å². The normalized spacial score (nSPS) is 17.5. The molecule has 130 valence electrons. The number of carbonyl (C=O) groups is 2. The highest BCUT2D eigenvalue weighted by Crippen LogP contribution is 2.27. The van der Waals surface area contributed by atoms with Crippen LogP contribution in [0.5, 0.6) is 0 Å². The van der Waals surface area contributed by atoms with Crippen molar-refractivity contribution in [3.05, 3.63) is 64.4 Å². The fourth-order valence-corrected chi connectivity index (χ4v) is 3.27. The summed E-state index contributed by atoms with van der Waals surface area (Å²) in [5, 5.41) is 0.0864. The molecule has 0 spiro atoms. The van der Waals surface area contributed by atoms with E-state index < -0.39 is 5.97 Å². The minimum Gasteiger partial charge on any atom is -0.426 e. The van der Waals surface area contributed by atoms with Crippen molar-refractivity contribution in [1.82, 2.24) is 9.55 Å². The second kappa shape index (κ2) is 7.23. The standard InChI is InChI=1S/C19H19ClN2O3/c1-12(14-7-4-3-5-8-14)22-11-21-18(20)17(22)19(24)25-13(2)15-9-6-10-16(15)23/h3-5,7-8,11-12H,6,9-10H2,1-2H3/b15-13-/t12-/m1/s1. The molecule has 3 rings (SSSR count). The van der Waals surface area contributed by atoms with Crippen LogP contribution in [0.4, 0.5) is 0 Å². The topological polar surface area (TPSA) is 61.2 Å². The van der Waals surface area contributed by atoms with Crippen LogP contribution in [0.1, 0.15) is 55.2 Å². The van der Waals surface area contributed by atoms with Gasteiger partial charge in [-0.2, -0.15) is 0 Å². The van der Waals surface area contributed by atoms with Gasteiger partial charge in [0.25, 0.3) is 0 Å². The van der Waals surface area contributed by atoms with Crippen molar-refractivity contribution in [3.63, 3.8) is 0 Å². The first kappa shape index (κ1) is 17.4. The molecule has 1 fully saturated rings. The van der Waals surface area contributed by atoms with Crippen molar-refractivity contribution in [2.45, 2.75) is 39.2 Å². The Morgan fingerprint density at radius 3 is 2.64 bits per heavy atom. The fraction of sp³-hybridized carbons (Fsp3) is 0.316. The van der Waals surface area contributed by atoms with E-state index >= 15 is 0 Å². The number of Topliss-reactive ketones (excluding diaryl/α,β-unsaturated/α-hetero) is 1. The molecule has 6 heteroatoms. The van der Waals surface area contributed by atoms with Crippen LogP contribution in [0.2, 0.25) is 5.15 Å². The molecule has 1 aliphatic carbocycles.